The van der Waals surface area contributed by atoms with Crippen molar-refractivity contribution in [2.75, 3.05) is 6.61 Å². The van der Waals surface area contributed by atoms with E-state index >= 15 is 0 Å². The van der Waals surface area contributed by atoms with Crippen LogP contribution in [0.25, 0.3) is 0 Å². The lowest BCUT2D eigenvalue weighted by Crippen LogP contribution is -2.24. The monoisotopic (exact) mass is 300 g/mol. The molecule has 0 unspecified atom stereocenters. The smallest absolute Gasteiger partial charge is 0.277 e. The molecule has 2 aromatic rings. The lowest BCUT2D eigenvalue weighted by Gasteiger charge is -2.05. The molecule has 0 saturated heterocycles. The van der Waals surface area contributed by atoms with Crippen molar-refractivity contribution in [1.29, 1.82) is 0 Å². The van der Waals surface area contributed by atoms with Crippen molar-refractivity contribution >= 4 is 12.1 Å². The number of aromatic hydroxyl groups is 2. The molecule has 22 heavy (non-hydrogen) atoms. The molecule has 0 fully saturated rings. The number of phenolic OH excluding ortho intramolecular Hbond substituents is 2. The first-order chi connectivity index (χ1) is 10.5. The van der Waals surface area contributed by atoms with Crippen LogP contribution in [0.1, 0.15) is 11.1 Å². The summed E-state index contributed by atoms with van der Waals surface area (Å²) in [5.74, 6) is 0.00517. The number of hydrogen-bond donors (Lipinski definition) is 3. The molecular weight excluding hydrogens is 284 g/mol. The number of carbonyl (C=O) groups excluding carboxylic acids is 1. The minimum absolute atomic E-state index is 0.0507. The van der Waals surface area contributed by atoms with Gasteiger partial charge in [0.25, 0.3) is 5.91 Å². The Labute approximate surface area is 127 Å². The number of rotatable bonds is 5. The zero-order chi connectivity index (χ0) is 15.9. The molecule has 114 valence electrons. The topological polar surface area (TPSA) is 91.2 Å². The van der Waals surface area contributed by atoms with E-state index in [4.69, 9.17) is 9.84 Å². The Morgan fingerprint density at radius 1 is 1.27 bits per heavy atom. The fraction of sp³-hybridized carbons (Fsp3) is 0.125. The van der Waals surface area contributed by atoms with Crippen LogP contribution in [-0.2, 0) is 4.79 Å². The van der Waals surface area contributed by atoms with Crippen LogP contribution in [0.2, 0.25) is 0 Å². The quantitative estimate of drug-likeness (QED) is 0.581. The molecule has 2 rings (SSSR count). The molecule has 0 aliphatic heterocycles. The fourth-order valence-electron chi connectivity index (χ4n) is 1.70. The van der Waals surface area contributed by atoms with E-state index in [1.807, 2.05) is 25.1 Å². The molecule has 0 bridgehead atoms. The maximum absolute atomic E-state index is 11.6. The first-order valence-corrected chi connectivity index (χ1v) is 6.58. The third kappa shape index (κ3) is 4.52. The summed E-state index contributed by atoms with van der Waals surface area (Å²) in [6.07, 6.45) is 1.28. The van der Waals surface area contributed by atoms with Gasteiger partial charge in [-0.15, -0.1) is 0 Å². The van der Waals surface area contributed by atoms with E-state index in [0.29, 0.717) is 11.3 Å². The van der Waals surface area contributed by atoms with Crippen molar-refractivity contribution in [3.63, 3.8) is 0 Å². The van der Waals surface area contributed by atoms with E-state index in [0.717, 1.165) is 5.56 Å². The molecule has 6 nitrogen and oxygen atoms in total. The number of nitrogens with zero attached hydrogens (tertiary/aromatic N) is 1. The van der Waals surface area contributed by atoms with Crippen LogP contribution in [0.3, 0.4) is 0 Å². The highest BCUT2D eigenvalue weighted by atomic mass is 16.5. The number of hydrogen-bond acceptors (Lipinski definition) is 5. The molecule has 0 radical (unpaired) electrons. The summed E-state index contributed by atoms with van der Waals surface area (Å²) in [6, 6.07) is 11.4. The van der Waals surface area contributed by atoms with Crippen molar-refractivity contribution in [2.45, 2.75) is 6.92 Å². The average molecular weight is 300 g/mol. The molecule has 0 atom stereocenters. The summed E-state index contributed by atoms with van der Waals surface area (Å²) in [5, 5.41) is 22.4. The van der Waals surface area contributed by atoms with E-state index in [-0.39, 0.29) is 18.1 Å². The van der Waals surface area contributed by atoms with Crippen LogP contribution < -0.4 is 10.2 Å². The van der Waals surface area contributed by atoms with E-state index in [2.05, 4.69) is 10.5 Å². The second kappa shape index (κ2) is 7.12. The molecule has 0 heterocycles. The number of aryl methyl sites for hydroxylation is 1. The Morgan fingerprint density at radius 3 is 2.82 bits per heavy atom. The van der Waals surface area contributed by atoms with Crippen molar-refractivity contribution in [1.82, 2.24) is 5.43 Å². The maximum Gasteiger partial charge on any atom is 0.277 e. The number of amides is 1. The number of benzene rings is 2. The molecule has 2 aromatic carbocycles. The second-order valence-corrected chi connectivity index (χ2v) is 4.64. The van der Waals surface area contributed by atoms with Gasteiger partial charge < -0.3 is 14.9 Å². The summed E-state index contributed by atoms with van der Waals surface area (Å²) in [4.78, 5) is 11.6. The summed E-state index contributed by atoms with van der Waals surface area (Å²) < 4.78 is 5.32. The van der Waals surface area contributed by atoms with Crippen LogP contribution in [-0.4, -0.2) is 28.9 Å². The molecule has 6 heteroatoms. The van der Waals surface area contributed by atoms with Crippen LogP contribution >= 0.6 is 0 Å². The highest BCUT2D eigenvalue weighted by Gasteiger charge is 2.02. The van der Waals surface area contributed by atoms with Gasteiger partial charge in [0.15, 0.2) is 6.61 Å². The Hall–Kier alpha value is -3.02. The van der Waals surface area contributed by atoms with Crippen molar-refractivity contribution < 1.29 is 19.7 Å². The molecular formula is C16H16N2O4. The second-order valence-electron chi connectivity index (χ2n) is 4.64. The van der Waals surface area contributed by atoms with E-state index in [1.165, 1.54) is 24.4 Å². The van der Waals surface area contributed by atoms with Crippen LogP contribution in [0.15, 0.2) is 47.6 Å². The third-order valence-corrected chi connectivity index (χ3v) is 2.77. The fourth-order valence-corrected chi connectivity index (χ4v) is 1.70. The van der Waals surface area contributed by atoms with Gasteiger partial charge in [0.1, 0.15) is 17.2 Å². The van der Waals surface area contributed by atoms with Gasteiger partial charge >= 0.3 is 0 Å². The average Bonchev–Trinajstić information content (AvgIpc) is 2.47. The predicted molar refractivity (Wildman–Crippen MR) is 82.2 cm³/mol. The zero-order valence-electron chi connectivity index (χ0n) is 12.0. The Balaban J connectivity index is 1.83. The lowest BCUT2D eigenvalue weighted by atomic mass is 10.2. The van der Waals surface area contributed by atoms with E-state index in [9.17, 15) is 9.90 Å². The molecule has 3 N–H and O–H groups in total. The number of hydrazone groups is 1. The minimum Gasteiger partial charge on any atom is -0.508 e. The maximum atomic E-state index is 11.6. The van der Waals surface area contributed by atoms with Gasteiger partial charge in [-0.05, 0) is 36.8 Å². The van der Waals surface area contributed by atoms with Crippen LogP contribution in [0.4, 0.5) is 0 Å². The first-order valence-electron chi connectivity index (χ1n) is 6.58. The highest BCUT2D eigenvalue weighted by Crippen LogP contribution is 2.20. The third-order valence-electron chi connectivity index (χ3n) is 2.77. The van der Waals surface area contributed by atoms with Crippen LogP contribution in [0, 0.1) is 6.92 Å². The molecule has 0 aliphatic rings. The number of phenols is 2. The molecule has 1 amide bonds. The van der Waals surface area contributed by atoms with Gasteiger partial charge in [-0.3, -0.25) is 4.79 Å². The van der Waals surface area contributed by atoms with Gasteiger partial charge in [-0.2, -0.15) is 5.10 Å². The molecule has 0 aliphatic carbocycles. The molecule has 0 aromatic heterocycles. The summed E-state index contributed by atoms with van der Waals surface area (Å²) >= 11 is 0. The summed E-state index contributed by atoms with van der Waals surface area (Å²) in [5.41, 5.74) is 3.70. The predicted octanol–water partition coefficient (Wildman–Crippen LogP) is 1.94. The zero-order valence-corrected chi connectivity index (χ0v) is 12.0. The molecule has 0 spiro atoms. The molecule has 0 saturated carbocycles. The summed E-state index contributed by atoms with van der Waals surface area (Å²) in [7, 11) is 0. The number of carbonyl (C=O) groups is 1. The Morgan fingerprint density at radius 2 is 2.09 bits per heavy atom. The largest absolute Gasteiger partial charge is 0.508 e. The van der Waals surface area contributed by atoms with Gasteiger partial charge in [0.2, 0.25) is 0 Å². The highest BCUT2D eigenvalue weighted by molar-refractivity contribution is 5.85. The number of nitrogens with one attached hydrogen (secondary N) is 1. The standard InChI is InChI=1S/C16H16N2O4/c1-11-3-2-4-14(7-11)22-10-16(21)18-17-9-12-5-6-13(19)8-15(12)20/h2-9,19-20H,10H2,1H3,(H,18,21)/b17-9-. The summed E-state index contributed by atoms with van der Waals surface area (Å²) in [6.45, 7) is 1.77. The van der Waals surface area contributed by atoms with Gasteiger partial charge in [0.05, 0.1) is 6.21 Å². The van der Waals surface area contributed by atoms with Gasteiger partial charge in [-0.25, -0.2) is 5.43 Å². The normalized spacial score (nSPS) is 10.6. The Bertz CT molecular complexity index is 698. The van der Waals surface area contributed by atoms with Crippen molar-refractivity contribution in [3.05, 3.63) is 53.6 Å². The van der Waals surface area contributed by atoms with Gasteiger partial charge in [0, 0.05) is 11.6 Å². The lowest BCUT2D eigenvalue weighted by molar-refractivity contribution is -0.123. The minimum atomic E-state index is -0.420. The van der Waals surface area contributed by atoms with E-state index < -0.39 is 5.91 Å². The Kier molecular flexibility index (Phi) is 4.98. The van der Waals surface area contributed by atoms with Crippen molar-refractivity contribution in [2.24, 2.45) is 5.10 Å². The van der Waals surface area contributed by atoms with Crippen molar-refractivity contribution in [3.8, 4) is 17.2 Å². The number of ether oxygens (including phenoxy) is 1. The SMILES string of the molecule is Cc1cccc(OCC(=O)N/N=C\c2ccc(O)cc2O)c1. The van der Waals surface area contributed by atoms with Crippen LogP contribution in [0.5, 0.6) is 17.2 Å². The first kappa shape index (κ1) is 15.4. The van der Waals surface area contributed by atoms with E-state index in [1.54, 1.807) is 6.07 Å². The van der Waals surface area contributed by atoms with Gasteiger partial charge in [-0.1, -0.05) is 12.1 Å².